The number of rotatable bonds is 2. The number of oxazole rings is 1. The lowest BCUT2D eigenvalue weighted by molar-refractivity contribution is 0.511. The van der Waals surface area contributed by atoms with Gasteiger partial charge in [0, 0.05) is 24.8 Å². The van der Waals surface area contributed by atoms with E-state index in [1.165, 1.54) is 18.5 Å². The van der Waals surface area contributed by atoms with E-state index < -0.39 is 5.82 Å². The molecule has 0 bridgehead atoms. The minimum atomic E-state index is -0.416. The zero-order chi connectivity index (χ0) is 17.2. The van der Waals surface area contributed by atoms with Crippen LogP contribution in [0.3, 0.4) is 0 Å². The van der Waals surface area contributed by atoms with Gasteiger partial charge in [-0.05, 0) is 30.7 Å². The molecule has 0 radical (unpaired) electrons. The van der Waals surface area contributed by atoms with E-state index in [9.17, 15) is 4.39 Å². The number of halogens is 1. The number of hydrogen-bond acceptors (Lipinski definition) is 6. The van der Waals surface area contributed by atoms with Crippen LogP contribution in [0, 0.1) is 17.1 Å². The number of aryl methyl sites for hydroxylation is 1. The van der Waals surface area contributed by atoms with Gasteiger partial charge in [0.1, 0.15) is 29.3 Å². The lowest BCUT2D eigenvalue weighted by atomic mass is 10.2. The van der Waals surface area contributed by atoms with E-state index in [-0.39, 0.29) is 0 Å². The second kappa shape index (κ2) is 6.32. The van der Waals surface area contributed by atoms with Crippen molar-refractivity contribution in [2.45, 2.75) is 19.4 Å². The highest BCUT2D eigenvalue weighted by Gasteiger charge is 2.22. The summed E-state index contributed by atoms with van der Waals surface area (Å²) in [6.45, 7) is 1.24. The normalized spacial score (nSPS) is 13.8. The van der Waals surface area contributed by atoms with Gasteiger partial charge >= 0.3 is 0 Å². The molecule has 124 valence electrons. The maximum absolute atomic E-state index is 13.8. The smallest absolute Gasteiger partial charge is 0.245 e. The molecule has 25 heavy (non-hydrogen) atoms. The Kier molecular flexibility index (Phi) is 3.86. The second-order valence-corrected chi connectivity index (χ2v) is 5.82. The summed E-state index contributed by atoms with van der Waals surface area (Å²) in [7, 11) is 0. The Morgan fingerprint density at radius 1 is 1.28 bits per heavy atom. The van der Waals surface area contributed by atoms with Gasteiger partial charge in [0.05, 0.1) is 18.2 Å². The van der Waals surface area contributed by atoms with E-state index in [2.05, 4.69) is 15.0 Å². The standard InChI is InChI=1S/C18H14FN5O/c19-13-6-12(9-20)7-14(8-13)24-5-1-2-17-16(10-24)23-18(25-17)15-3-4-21-11-22-15/h3-4,6-8,11H,1-2,5,10H2. The monoisotopic (exact) mass is 335 g/mol. The van der Waals surface area contributed by atoms with E-state index in [4.69, 9.17) is 9.68 Å². The molecule has 0 atom stereocenters. The van der Waals surface area contributed by atoms with E-state index in [1.54, 1.807) is 18.3 Å². The molecule has 0 unspecified atom stereocenters. The molecule has 0 N–H and O–H groups in total. The summed E-state index contributed by atoms with van der Waals surface area (Å²) in [4.78, 5) is 14.6. The Hall–Kier alpha value is -3.27. The van der Waals surface area contributed by atoms with Crippen LogP contribution in [0.5, 0.6) is 0 Å². The first kappa shape index (κ1) is 15.3. The van der Waals surface area contributed by atoms with Gasteiger partial charge < -0.3 is 9.32 Å². The van der Waals surface area contributed by atoms with Crippen molar-refractivity contribution in [2.75, 3.05) is 11.4 Å². The number of hydrogen-bond donors (Lipinski definition) is 0. The van der Waals surface area contributed by atoms with Gasteiger partial charge in [-0.3, -0.25) is 0 Å². The predicted octanol–water partition coefficient (Wildman–Crippen LogP) is 3.10. The fourth-order valence-electron chi connectivity index (χ4n) is 2.96. The van der Waals surface area contributed by atoms with Crippen molar-refractivity contribution in [3.63, 3.8) is 0 Å². The third-order valence-corrected chi connectivity index (χ3v) is 4.13. The fourth-order valence-corrected chi connectivity index (χ4v) is 2.96. The molecule has 1 aliphatic heterocycles. The van der Waals surface area contributed by atoms with Gasteiger partial charge in [-0.15, -0.1) is 0 Å². The molecule has 0 amide bonds. The van der Waals surface area contributed by atoms with Crippen LogP contribution in [-0.4, -0.2) is 21.5 Å². The number of benzene rings is 1. The van der Waals surface area contributed by atoms with Crippen LogP contribution in [-0.2, 0) is 13.0 Å². The van der Waals surface area contributed by atoms with Crippen molar-refractivity contribution in [3.8, 4) is 17.7 Å². The summed E-state index contributed by atoms with van der Waals surface area (Å²) in [5, 5.41) is 9.05. The Labute approximate surface area is 143 Å². The molecule has 1 aliphatic rings. The first-order valence-electron chi connectivity index (χ1n) is 7.93. The van der Waals surface area contributed by atoms with Crippen LogP contribution in [0.15, 0.2) is 41.2 Å². The molecule has 7 heteroatoms. The first-order valence-corrected chi connectivity index (χ1v) is 7.93. The van der Waals surface area contributed by atoms with Crippen molar-refractivity contribution < 1.29 is 8.81 Å². The van der Waals surface area contributed by atoms with E-state index >= 15 is 0 Å². The van der Waals surface area contributed by atoms with Crippen LogP contribution in [0.25, 0.3) is 11.6 Å². The number of nitriles is 1. The lowest BCUT2D eigenvalue weighted by Crippen LogP contribution is -2.23. The summed E-state index contributed by atoms with van der Waals surface area (Å²) in [6, 6.07) is 8.11. The molecular weight excluding hydrogens is 321 g/mol. The molecule has 0 saturated carbocycles. The summed E-state index contributed by atoms with van der Waals surface area (Å²) < 4.78 is 19.6. The average Bonchev–Trinajstić information content (AvgIpc) is 2.93. The largest absolute Gasteiger partial charge is 0.440 e. The van der Waals surface area contributed by atoms with Gasteiger partial charge in [-0.2, -0.15) is 5.26 Å². The minimum Gasteiger partial charge on any atom is -0.440 e. The Bertz CT molecular complexity index is 948. The van der Waals surface area contributed by atoms with Crippen LogP contribution >= 0.6 is 0 Å². The highest BCUT2D eigenvalue weighted by atomic mass is 19.1. The summed E-state index contributed by atoms with van der Waals surface area (Å²) in [5.74, 6) is 0.875. The van der Waals surface area contributed by atoms with Crippen molar-refractivity contribution in [1.29, 1.82) is 5.26 Å². The molecule has 0 spiro atoms. The van der Waals surface area contributed by atoms with Gasteiger partial charge in [-0.1, -0.05) is 0 Å². The molecular formula is C18H14FN5O. The zero-order valence-corrected chi connectivity index (χ0v) is 13.3. The Balaban J connectivity index is 1.67. The quantitative estimate of drug-likeness (QED) is 0.716. The third kappa shape index (κ3) is 3.06. The molecule has 0 saturated heterocycles. The summed E-state index contributed by atoms with van der Waals surface area (Å²) in [5.41, 5.74) is 2.43. The second-order valence-electron chi connectivity index (χ2n) is 5.82. The SMILES string of the molecule is N#Cc1cc(F)cc(N2CCCc3oc(-c4ccncn4)nc3C2)c1. The predicted molar refractivity (Wildman–Crippen MR) is 88.0 cm³/mol. The van der Waals surface area contributed by atoms with E-state index in [1.807, 2.05) is 11.0 Å². The van der Waals surface area contributed by atoms with Crippen molar-refractivity contribution in [2.24, 2.45) is 0 Å². The first-order chi connectivity index (χ1) is 12.2. The van der Waals surface area contributed by atoms with Crippen LogP contribution in [0.1, 0.15) is 23.4 Å². The Morgan fingerprint density at radius 3 is 3.00 bits per heavy atom. The number of fused-ring (bicyclic) bond motifs is 1. The molecule has 0 aliphatic carbocycles. The maximum atomic E-state index is 13.8. The summed E-state index contributed by atoms with van der Waals surface area (Å²) >= 11 is 0. The Morgan fingerprint density at radius 2 is 2.20 bits per heavy atom. The zero-order valence-electron chi connectivity index (χ0n) is 13.3. The van der Waals surface area contributed by atoms with Gasteiger partial charge in [0.2, 0.25) is 5.89 Å². The van der Waals surface area contributed by atoms with Gasteiger partial charge in [-0.25, -0.2) is 19.3 Å². The number of aromatic nitrogens is 3. The molecule has 4 rings (SSSR count). The van der Waals surface area contributed by atoms with Crippen molar-refractivity contribution >= 4 is 5.69 Å². The topological polar surface area (TPSA) is 78.8 Å². The molecule has 3 heterocycles. The number of nitrogens with zero attached hydrogens (tertiary/aromatic N) is 5. The third-order valence-electron chi connectivity index (χ3n) is 4.13. The fraction of sp³-hybridized carbons (Fsp3) is 0.222. The van der Waals surface area contributed by atoms with Crippen molar-refractivity contribution in [3.05, 3.63) is 59.6 Å². The van der Waals surface area contributed by atoms with Crippen LogP contribution in [0.4, 0.5) is 10.1 Å². The van der Waals surface area contributed by atoms with Gasteiger partial charge in [0.15, 0.2) is 0 Å². The van der Waals surface area contributed by atoms with E-state index in [0.717, 1.165) is 30.8 Å². The molecule has 6 nitrogen and oxygen atoms in total. The lowest BCUT2D eigenvalue weighted by Gasteiger charge is -2.22. The molecule has 3 aromatic rings. The molecule has 0 fully saturated rings. The summed E-state index contributed by atoms with van der Waals surface area (Å²) in [6.07, 6.45) is 4.70. The van der Waals surface area contributed by atoms with Crippen molar-refractivity contribution in [1.82, 2.24) is 15.0 Å². The average molecular weight is 335 g/mol. The van der Waals surface area contributed by atoms with Crippen LogP contribution < -0.4 is 4.90 Å². The number of anilines is 1. The van der Waals surface area contributed by atoms with E-state index in [0.29, 0.717) is 29.4 Å². The minimum absolute atomic E-state index is 0.307. The van der Waals surface area contributed by atoms with Crippen LogP contribution in [0.2, 0.25) is 0 Å². The molecule has 2 aromatic heterocycles. The molecule has 1 aromatic carbocycles. The highest BCUT2D eigenvalue weighted by molar-refractivity contribution is 5.53. The maximum Gasteiger partial charge on any atom is 0.245 e. The van der Waals surface area contributed by atoms with Gasteiger partial charge in [0.25, 0.3) is 0 Å². The highest BCUT2D eigenvalue weighted by Crippen LogP contribution is 2.28.